The number of aromatic nitrogens is 2. The summed E-state index contributed by atoms with van der Waals surface area (Å²) in [6, 6.07) is 5.54. The SMILES string of the molecule is CCN(CC)CCCC(C)NC(=NC)NCc1ccc(-n2ccnc2)c(F)c1. The molecule has 154 valence electrons. The minimum absolute atomic E-state index is 0.273. The molecule has 2 aromatic rings. The van der Waals surface area contributed by atoms with E-state index in [0.29, 0.717) is 18.3 Å². The third kappa shape index (κ3) is 6.64. The molecular weight excluding hydrogens is 355 g/mol. The number of halogens is 1. The molecule has 0 bridgehead atoms. The Morgan fingerprint density at radius 3 is 2.71 bits per heavy atom. The molecule has 0 aliphatic heterocycles. The van der Waals surface area contributed by atoms with Crippen LogP contribution in [0.15, 0.2) is 41.9 Å². The Hall–Kier alpha value is -2.41. The van der Waals surface area contributed by atoms with Gasteiger partial charge in [0.1, 0.15) is 5.82 Å². The highest BCUT2D eigenvalue weighted by Crippen LogP contribution is 2.14. The van der Waals surface area contributed by atoms with E-state index in [1.165, 1.54) is 0 Å². The van der Waals surface area contributed by atoms with Gasteiger partial charge < -0.3 is 20.1 Å². The predicted molar refractivity (Wildman–Crippen MR) is 113 cm³/mol. The second-order valence-electron chi connectivity index (χ2n) is 6.90. The highest BCUT2D eigenvalue weighted by atomic mass is 19.1. The van der Waals surface area contributed by atoms with E-state index >= 15 is 0 Å². The number of guanidine groups is 1. The van der Waals surface area contributed by atoms with Crippen LogP contribution in [0.2, 0.25) is 0 Å². The Kier molecular flexibility index (Phi) is 8.94. The smallest absolute Gasteiger partial charge is 0.191 e. The molecule has 6 nitrogen and oxygen atoms in total. The van der Waals surface area contributed by atoms with Crippen molar-refractivity contribution in [2.45, 2.75) is 46.2 Å². The van der Waals surface area contributed by atoms with Crippen LogP contribution >= 0.6 is 0 Å². The molecular formula is C21H33FN6. The van der Waals surface area contributed by atoms with Gasteiger partial charge in [-0.15, -0.1) is 0 Å². The zero-order chi connectivity index (χ0) is 20.4. The summed E-state index contributed by atoms with van der Waals surface area (Å²) in [5.41, 5.74) is 1.35. The Balaban J connectivity index is 1.81. The molecule has 0 amide bonds. The average molecular weight is 389 g/mol. The lowest BCUT2D eigenvalue weighted by Crippen LogP contribution is -2.42. The minimum atomic E-state index is -0.273. The third-order valence-corrected chi connectivity index (χ3v) is 4.87. The number of hydrogen-bond donors (Lipinski definition) is 2. The van der Waals surface area contributed by atoms with Crippen molar-refractivity contribution in [2.24, 2.45) is 4.99 Å². The third-order valence-electron chi connectivity index (χ3n) is 4.87. The van der Waals surface area contributed by atoms with Crippen LogP contribution in [0.3, 0.4) is 0 Å². The highest BCUT2D eigenvalue weighted by molar-refractivity contribution is 5.79. The van der Waals surface area contributed by atoms with Gasteiger partial charge >= 0.3 is 0 Å². The quantitative estimate of drug-likeness (QED) is 0.485. The van der Waals surface area contributed by atoms with Crippen molar-refractivity contribution in [1.82, 2.24) is 25.1 Å². The minimum Gasteiger partial charge on any atom is -0.354 e. The molecule has 2 N–H and O–H groups in total. The fraction of sp³-hybridized carbons (Fsp3) is 0.524. The van der Waals surface area contributed by atoms with Crippen LogP contribution in [-0.2, 0) is 6.54 Å². The molecule has 1 atom stereocenters. The molecule has 0 aliphatic carbocycles. The van der Waals surface area contributed by atoms with Gasteiger partial charge in [-0.1, -0.05) is 19.9 Å². The van der Waals surface area contributed by atoms with Crippen LogP contribution in [0.5, 0.6) is 0 Å². The maximum Gasteiger partial charge on any atom is 0.191 e. The highest BCUT2D eigenvalue weighted by Gasteiger charge is 2.08. The summed E-state index contributed by atoms with van der Waals surface area (Å²) in [4.78, 5) is 10.7. The van der Waals surface area contributed by atoms with Crippen molar-refractivity contribution >= 4 is 5.96 Å². The van der Waals surface area contributed by atoms with Crippen LogP contribution in [0.4, 0.5) is 4.39 Å². The summed E-state index contributed by atoms with van der Waals surface area (Å²) in [6.07, 6.45) is 7.17. The van der Waals surface area contributed by atoms with Gasteiger partial charge in [-0.3, -0.25) is 4.99 Å². The molecule has 0 aliphatic rings. The van der Waals surface area contributed by atoms with Gasteiger partial charge in [0.05, 0.1) is 12.0 Å². The van der Waals surface area contributed by atoms with Gasteiger partial charge in [0.25, 0.3) is 0 Å². The lowest BCUT2D eigenvalue weighted by atomic mass is 10.1. The first kappa shape index (κ1) is 21.9. The molecule has 1 unspecified atom stereocenters. The standard InChI is InChI=1S/C21H33FN6/c1-5-27(6-2)12-7-8-17(3)26-21(23-4)25-15-18-9-10-20(19(22)14-18)28-13-11-24-16-28/h9-11,13-14,16-17H,5-8,12,15H2,1-4H3,(H2,23,25,26). The van der Waals surface area contributed by atoms with Crippen LogP contribution in [0.1, 0.15) is 39.2 Å². The Morgan fingerprint density at radius 2 is 2.11 bits per heavy atom. The van der Waals surface area contributed by atoms with Gasteiger partial charge in [-0.25, -0.2) is 9.37 Å². The van der Waals surface area contributed by atoms with E-state index in [4.69, 9.17) is 0 Å². The maximum absolute atomic E-state index is 14.4. The number of hydrogen-bond acceptors (Lipinski definition) is 3. The fourth-order valence-electron chi connectivity index (χ4n) is 3.12. The summed E-state index contributed by atoms with van der Waals surface area (Å²) in [6.45, 7) is 10.4. The number of imidazole rings is 1. The Bertz CT molecular complexity index is 725. The van der Waals surface area contributed by atoms with Crippen molar-refractivity contribution in [1.29, 1.82) is 0 Å². The maximum atomic E-state index is 14.4. The van der Waals surface area contributed by atoms with E-state index in [2.05, 4.69) is 46.3 Å². The van der Waals surface area contributed by atoms with Gasteiger partial charge in [0.15, 0.2) is 5.96 Å². The first-order valence-electron chi connectivity index (χ1n) is 10.0. The largest absolute Gasteiger partial charge is 0.354 e. The van der Waals surface area contributed by atoms with Crippen molar-refractivity contribution in [3.63, 3.8) is 0 Å². The molecule has 1 aromatic heterocycles. The summed E-state index contributed by atoms with van der Waals surface area (Å²) in [5.74, 6) is 0.458. The summed E-state index contributed by atoms with van der Waals surface area (Å²) < 4.78 is 16.0. The molecule has 28 heavy (non-hydrogen) atoms. The monoisotopic (exact) mass is 388 g/mol. The number of benzene rings is 1. The van der Waals surface area contributed by atoms with E-state index < -0.39 is 0 Å². The zero-order valence-electron chi connectivity index (χ0n) is 17.5. The molecule has 2 rings (SSSR count). The van der Waals surface area contributed by atoms with Crippen molar-refractivity contribution in [2.75, 3.05) is 26.7 Å². The van der Waals surface area contributed by atoms with Gasteiger partial charge in [-0.05, 0) is 57.1 Å². The number of rotatable bonds is 10. The number of nitrogens with one attached hydrogen (secondary N) is 2. The molecule has 1 heterocycles. The molecule has 0 spiro atoms. The van der Waals surface area contributed by atoms with Gasteiger partial charge in [0, 0.05) is 32.0 Å². The van der Waals surface area contributed by atoms with E-state index in [1.54, 1.807) is 42.5 Å². The van der Waals surface area contributed by atoms with E-state index in [0.717, 1.165) is 44.0 Å². The number of nitrogens with zero attached hydrogens (tertiary/aromatic N) is 4. The van der Waals surface area contributed by atoms with E-state index in [-0.39, 0.29) is 5.82 Å². The van der Waals surface area contributed by atoms with Crippen molar-refractivity contribution in [3.05, 3.63) is 48.3 Å². The van der Waals surface area contributed by atoms with Crippen LogP contribution in [0.25, 0.3) is 5.69 Å². The first-order chi connectivity index (χ1) is 13.6. The molecule has 0 saturated carbocycles. The van der Waals surface area contributed by atoms with E-state index in [1.807, 2.05) is 6.07 Å². The lowest BCUT2D eigenvalue weighted by molar-refractivity contribution is 0.292. The fourth-order valence-corrected chi connectivity index (χ4v) is 3.12. The summed E-state index contributed by atoms with van der Waals surface area (Å²) in [5, 5.41) is 6.67. The summed E-state index contributed by atoms with van der Waals surface area (Å²) in [7, 11) is 1.75. The molecule has 7 heteroatoms. The zero-order valence-corrected chi connectivity index (χ0v) is 17.5. The average Bonchev–Trinajstić information content (AvgIpc) is 3.23. The normalized spacial score (nSPS) is 13.0. The van der Waals surface area contributed by atoms with Crippen molar-refractivity contribution in [3.8, 4) is 5.69 Å². The van der Waals surface area contributed by atoms with Gasteiger partial charge in [0.2, 0.25) is 0 Å². The molecule has 0 fully saturated rings. The Labute approximate surface area is 167 Å². The number of aliphatic imine (C=N–C) groups is 1. The second-order valence-corrected chi connectivity index (χ2v) is 6.90. The molecule has 0 saturated heterocycles. The topological polar surface area (TPSA) is 57.5 Å². The first-order valence-corrected chi connectivity index (χ1v) is 10.0. The van der Waals surface area contributed by atoms with Crippen LogP contribution in [-0.4, -0.2) is 53.1 Å². The lowest BCUT2D eigenvalue weighted by Gasteiger charge is -2.21. The van der Waals surface area contributed by atoms with Crippen molar-refractivity contribution < 1.29 is 4.39 Å². The van der Waals surface area contributed by atoms with Crippen LogP contribution in [0, 0.1) is 5.82 Å². The Morgan fingerprint density at radius 1 is 1.32 bits per heavy atom. The van der Waals surface area contributed by atoms with Gasteiger partial charge in [-0.2, -0.15) is 0 Å². The predicted octanol–water partition coefficient (Wildman–Crippen LogP) is 3.19. The van der Waals surface area contributed by atoms with Crippen LogP contribution < -0.4 is 10.6 Å². The molecule has 1 aromatic carbocycles. The molecule has 0 radical (unpaired) electrons. The summed E-state index contributed by atoms with van der Waals surface area (Å²) >= 11 is 0. The van der Waals surface area contributed by atoms with E-state index in [9.17, 15) is 4.39 Å². The second kappa shape index (κ2) is 11.4.